The quantitative estimate of drug-likeness (QED) is 0.515. The van der Waals surface area contributed by atoms with Crippen molar-refractivity contribution >= 4 is 50.6 Å². The third-order valence-electron chi connectivity index (χ3n) is 2.12. The highest BCUT2D eigenvalue weighted by atomic mass is 79.9. The predicted molar refractivity (Wildman–Crippen MR) is 78.2 cm³/mol. The number of carbonyl (C=O) groups excluding carboxylic acids is 1. The molecular formula is C11H7BrN4OS2. The van der Waals surface area contributed by atoms with E-state index in [1.807, 2.05) is 17.5 Å². The number of rotatable bonds is 4. The monoisotopic (exact) mass is 354 g/mol. The highest BCUT2D eigenvalue weighted by Gasteiger charge is 2.13. The minimum atomic E-state index is -0.00148. The van der Waals surface area contributed by atoms with Crippen molar-refractivity contribution in [2.24, 2.45) is 0 Å². The van der Waals surface area contributed by atoms with Crippen LogP contribution in [0.15, 0.2) is 27.3 Å². The van der Waals surface area contributed by atoms with Crippen LogP contribution < -0.4 is 5.73 Å². The molecule has 0 aliphatic rings. The summed E-state index contributed by atoms with van der Waals surface area (Å²) in [5.41, 5.74) is 5.81. The van der Waals surface area contributed by atoms with Crippen molar-refractivity contribution in [1.29, 1.82) is 5.26 Å². The first-order chi connectivity index (χ1) is 9.11. The number of nitrogen functional groups attached to an aromatic ring is 1. The molecule has 0 amide bonds. The molecule has 0 aliphatic carbocycles. The van der Waals surface area contributed by atoms with E-state index in [1.165, 1.54) is 29.3 Å². The zero-order chi connectivity index (χ0) is 13.8. The second kappa shape index (κ2) is 6.14. The van der Waals surface area contributed by atoms with Crippen LogP contribution in [0.2, 0.25) is 0 Å². The Morgan fingerprint density at radius 3 is 3.00 bits per heavy atom. The van der Waals surface area contributed by atoms with E-state index in [9.17, 15) is 4.79 Å². The summed E-state index contributed by atoms with van der Waals surface area (Å²) in [4.78, 5) is 20.5. The molecule has 0 aliphatic heterocycles. The third-order valence-corrected chi connectivity index (χ3v) is 4.86. The summed E-state index contributed by atoms with van der Waals surface area (Å²) in [6.07, 6.45) is 1.36. The summed E-state index contributed by atoms with van der Waals surface area (Å²) in [7, 11) is 0. The van der Waals surface area contributed by atoms with E-state index in [1.54, 1.807) is 0 Å². The van der Waals surface area contributed by atoms with Gasteiger partial charge in [0.1, 0.15) is 17.5 Å². The molecule has 2 N–H and O–H groups in total. The van der Waals surface area contributed by atoms with E-state index in [0.29, 0.717) is 10.0 Å². The van der Waals surface area contributed by atoms with Gasteiger partial charge in [0.15, 0.2) is 10.9 Å². The Labute approximate surface area is 126 Å². The van der Waals surface area contributed by atoms with Crippen LogP contribution in [0.4, 0.5) is 5.82 Å². The highest BCUT2D eigenvalue weighted by molar-refractivity contribution is 9.10. The molecular weight excluding hydrogens is 348 g/mol. The predicted octanol–water partition coefficient (Wildman–Crippen LogP) is 2.73. The van der Waals surface area contributed by atoms with Gasteiger partial charge in [-0.25, -0.2) is 9.97 Å². The Hall–Kier alpha value is -1.43. The Balaban J connectivity index is 2.04. The molecule has 5 nitrogen and oxygen atoms in total. The SMILES string of the molecule is N#Cc1cnc(SCC(=O)c2sccc2Br)nc1N. The first kappa shape index (κ1) is 14.0. The summed E-state index contributed by atoms with van der Waals surface area (Å²) in [6.45, 7) is 0. The van der Waals surface area contributed by atoms with Gasteiger partial charge in [-0.05, 0) is 27.4 Å². The van der Waals surface area contributed by atoms with Crippen molar-refractivity contribution in [3.63, 3.8) is 0 Å². The number of thiophene rings is 1. The number of thioether (sulfide) groups is 1. The molecule has 2 rings (SSSR count). The molecule has 2 aromatic heterocycles. The van der Waals surface area contributed by atoms with Crippen molar-refractivity contribution < 1.29 is 4.79 Å². The molecule has 0 atom stereocenters. The first-order valence-electron chi connectivity index (χ1n) is 5.03. The highest BCUT2D eigenvalue weighted by Crippen LogP contribution is 2.25. The summed E-state index contributed by atoms with van der Waals surface area (Å²) in [5, 5.41) is 10.9. The lowest BCUT2D eigenvalue weighted by atomic mass is 10.3. The zero-order valence-electron chi connectivity index (χ0n) is 9.46. The van der Waals surface area contributed by atoms with Gasteiger partial charge in [-0.1, -0.05) is 11.8 Å². The van der Waals surface area contributed by atoms with Gasteiger partial charge in [0.25, 0.3) is 0 Å². The second-order valence-corrected chi connectivity index (χ2v) is 6.09. The molecule has 0 aromatic carbocycles. The third kappa shape index (κ3) is 3.32. The molecule has 0 saturated heterocycles. The molecule has 19 heavy (non-hydrogen) atoms. The lowest BCUT2D eigenvalue weighted by Crippen LogP contribution is -2.03. The van der Waals surface area contributed by atoms with E-state index in [0.717, 1.165) is 4.47 Å². The number of hydrogen-bond donors (Lipinski definition) is 1. The number of aromatic nitrogens is 2. The minimum Gasteiger partial charge on any atom is -0.382 e. The van der Waals surface area contributed by atoms with Crippen LogP contribution in [0, 0.1) is 11.3 Å². The first-order valence-corrected chi connectivity index (χ1v) is 7.69. The fraction of sp³-hybridized carbons (Fsp3) is 0.0909. The minimum absolute atomic E-state index is 0.00148. The van der Waals surface area contributed by atoms with Crippen LogP contribution in [0.1, 0.15) is 15.2 Å². The molecule has 96 valence electrons. The number of carbonyl (C=O) groups is 1. The van der Waals surface area contributed by atoms with E-state index >= 15 is 0 Å². The van der Waals surface area contributed by atoms with Crippen LogP contribution in [-0.2, 0) is 0 Å². The number of anilines is 1. The molecule has 0 bridgehead atoms. The largest absolute Gasteiger partial charge is 0.382 e. The number of hydrogen-bond acceptors (Lipinski definition) is 7. The zero-order valence-corrected chi connectivity index (χ0v) is 12.7. The number of Topliss-reactive ketones (excluding diaryl/α,β-unsaturated/α-hetero) is 1. The van der Waals surface area contributed by atoms with Crippen LogP contribution >= 0.6 is 39.0 Å². The van der Waals surface area contributed by atoms with E-state index < -0.39 is 0 Å². The lowest BCUT2D eigenvalue weighted by molar-refractivity contribution is 0.102. The summed E-state index contributed by atoms with van der Waals surface area (Å²) < 4.78 is 0.795. The molecule has 0 saturated carbocycles. The van der Waals surface area contributed by atoms with Gasteiger partial charge in [-0.15, -0.1) is 11.3 Å². The van der Waals surface area contributed by atoms with Gasteiger partial charge in [0.2, 0.25) is 0 Å². The fourth-order valence-electron chi connectivity index (χ4n) is 1.22. The van der Waals surface area contributed by atoms with E-state index in [2.05, 4.69) is 25.9 Å². The van der Waals surface area contributed by atoms with Gasteiger partial charge < -0.3 is 5.73 Å². The summed E-state index contributed by atoms with van der Waals surface area (Å²) in [6, 6.07) is 3.72. The molecule has 0 radical (unpaired) electrons. The number of halogens is 1. The maximum Gasteiger partial charge on any atom is 0.189 e. The van der Waals surface area contributed by atoms with Crippen molar-refractivity contribution in [3.05, 3.63) is 32.6 Å². The van der Waals surface area contributed by atoms with E-state index in [4.69, 9.17) is 11.0 Å². The Morgan fingerprint density at radius 2 is 2.42 bits per heavy atom. The molecule has 0 spiro atoms. The maximum absolute atomic E-state index is 11.9. The Morgan fingerprint density at radius 1 is 1.63 bits per heavy atom. The average molecular weight is 355 g/mol. The van der Waals surface area contributed by atoms with Gasteiger partial charge in [-0.3, -0.25) is 4.79 Å². The normalized spacial score (nSPS) is 10.1. The van der Waals surface area contributed by atoms with Crippen molar-refractivity contribution in [1.82, 2.24) is 9.97 Å². The molecule has 2 aromatic rings. The van der Waals surface area contributed by atoms with Crippen LogP contribution in [0.25, 0.3) is 0 Å². The second-order valence-electron chi connectivity index (χ2n) is 3.37. The van der Waals surface area contributed by atoms with E-state index in [-0.39, 0.29) is 22.9 Å². The number of nitrogens with zero attached hydrogens (tertiary/aromatic N) is 3. The van der Waals surface area contributed by atoms with Crippen molar-refractivity contribution in [2.45, 2.75) is 5.16 Å². The summed E-state index contributed by atoms with van der Waals surface area (Å²) in [5.74, 6) is 0.355. The van der Waals surface area contributed by atoms with Gasteiger partial charge >= 0.3 is 0 Å². The van der Waals surface area contributed by atoms with Crippen molar-refractivity contribution in [2.75, 3.05) is 11.5 Å². The average Bonchev–Trinajstić information content (AvgIpc) is 2.82. The fourth-order valence-corrected chi connectivity index (χ4v) is 3.54. The molecule has 8 heteroatoms. The number of ketones is 1. The topological polar surface area (TPSA) is 92.7 Å². The summed E-state index contributed by atoms with van der Waals surface area (Å²) >= 11 is 5.89. The standard InChI is InChI=1S/C11H7BrN4OS2/c12-7-1-2-18-9(7)8(17)5-19-11-15-4-6(3-13)10(14)16-11/h1-2,4H,5H2,(H2,14,15,16). The lowest BCUT2D eigenvalue weighted by Gasteiger charge is -2.01. The molecule has 0 fully saturated rings. The van der Waals surface area contributed by atoms with Crippen LogP contribution in [0.3, 0.4) is 0 Å². The van der Waals surface area contributed by atoms with Crippen LogP contribution in [0.5, 0.6) is 0 Å². The van der Waals surface area contributed by atoms with Gasteiger partial charge in [-0.2, -0.15) is 5.26 Å². The Kier molecular flexibility index (Phi) is 4.52. The maximum atomic E-state index is 11.9. The van der Waals surface area contributed by atoms with Crippen molar-refractivity contribution in [3.8, 4) is 6.07 Å². The number of nitrogens with two attached hydrogens (primary N) is 1. The number of nitriles is 1. The molecule has 0 unspecified atom stereocenters. The Bertz CT molecular complexity index is 665. The van der Waals surface area contributed by atoms with Gasteiger partial charge in [0, 0.05) is 4.47 Å². The van der Waals surface area contributed by atoms with Gasteiger partial charge in [0.05, 0.1) is 16.8 Å². The smallest absolute Gasteiger partial charge is 0.189 e. The van der Waals surface area contributed by atoms with Crippen LogP contribution in [-0.4, -0.2) is 21.5 Å². The molecule has 2 heterocycles.